The van der Waals surface area contributed by atoms with Crippen LogP contribution in [0.5, 0.6) is 0 Å². The van der Waals surface area contributed by atoms with Gasteiger partial charge in [0.2, 0.25) is 0 Å². The molecule has 0 spiro atoms. The van der Waals surface area contributed by atoms with Crippen LogP contribution in [0.15, 0.2) is 65.8 Å². The molecule has 1 atom stereocenters. The van der Waals surface area contributed by atoms with E-state index in [0.717, 1.165) is 11.1 Å². The Kier molecular flexibility index (Phi) is 4.81. The molecule has 2 rings (SSSR count). The molecular weight excluding hydrogens is 270 g/mol. The predicted octanol–water partition coefficient (Wildman–Crippen LogP) is 1.96. The molecule has 4 N–H and O–H groups in total. The number of rotatable bonds is 4. The lowest BCUT2D eigenvalue weighted by Crippen LogP contribution is -2.27. The molecule has 0 aromatic heterocycles. The maximum Gasteiger partial charge on any atom is 0.184 e. The van der Waals surface area contributed by atoms with E-state index in [9.17, 15) is 5.11 Å². The number of nitrogens with one attached hydrogen (secondary N) is 1. The highest BCUT2D eigenvalue weighted by Crippen LogP contribution is 2.18. The maximum atomic E-state index is 10.5. The van der Waals surface area contributed by atoms with E-state index in [0.29, 0.717) is 5.71 Å². The minimum absolute atomic E-state index is 0.0543. The predicted molar refractivity (Wildman–Crippen MR) is 84.3 cm³/mol. The summed E-state index contributed by atoms with van der Waals surface area (Å²) >= 11 is 4.75. The van der Waals surface area contributed by atoms with Gasteiger partial charge in [0.05, 0.1) is 0 Å². The summed E-state index contributed by atoms with van der Waals surface area (Å²) in [5, 5.41) is 14.7. The van der Waals surface area contributed by atoms with Gasteiger partial charge >= 0.3 is 0 Å². The maximum absolute atomic E-state index is 10.5. The van der Waals surface area contributed by atoms with Crippen molar-refractivity contribution >= 4 is 23.0 Å². The number of aliphatic hydroxyl groups is 1. The fourth-order valence-electron chi connectivity index (χ4n) is 1.80. The number of thiocarbonyl (C=S) groups is 1. The van der Waals surface area contributed by atoms with E-state index in [4.69, 9.17) is 18.0 Å². The molecule has 0 fully saturated rings. The Morgan fingerprint density at radius 1 is 1.05 bits per heavy atom. The molecule has 0 radical (unpaired) electrons. The number of hydrogen-bond donors (Lipinski definition) is 3. The zero-order valence-corrected chi connectivity index (χ0v) is 11.5. The van der Waals surface area contributed by atoms with Crippen LogP contribution < -0.4 is 11.2 Å². The Morgan fingerprint density at radius 2 is 1.60 bits per heavy atom. The van der Waals surface area contributed by atoms with Gasteiger partial charge in [-0.3, -0.25) is 5.43 Å². The van der Waals surface area contributed by atoms with E-state index in [1.807, 2.05) is 60.7 Å². The van der Waals surface area contributed by atoms with Crippen LogP contribution >= 0.6 is 12.2 Å². The van der Waals surface area contributed by atoms with Crippen molar-refractivity contribution in [2.75, 3.05) is 0 Å². The lowest BCUT2D eigenvalue weighted by Gasteiger charge is -2.14. The van der Waals surface area contributed by atoms with Gasteiger partial charge in [-0.25, -0.2) is 0 Å². The molecule has 4 nitrogen and oxygen atoms in total. The third-order valence-electron chi connectivity index (χ3n) is 2.73. The van der Waals surface area contributed by atoms with Crippen molar-refractivity contribution in [1.29, 1.82) is 0 Å². The van der Waals surface area contributed by atoms with Gasteiger partial charge in [-0.15, -0.1) is 0 Å². The van der Waals surface area contributed by atoms with E-state index in [-0.39, 0.29) is 5.11 Å². The Morgan fingerprint density at radius 3 is 2.15 bits per heavy atom. The number of benzene rings is 2. The average molecular weight is 285 g/mol. The SMILES string of the molecule is NC(=S)N/N=C(/c1ccccc1)[C@@H](O)c1ccccc1. The molecule has 0 unspecified atom stereocenters. The van der Waals surface area contributed by atoms with Crippen molar-refractivity contribution in [3.63, 3.8) is 0 Å². The fraction of sp³-hybridized carbons (Fsp3) is 0.0667. The standard InChI is InChI=1S/C15H15N3OS/c16-15(20)18-17-13(11-7-3-1-4-8-11)14(19)12-9-5-2-6-10-12/h1-10,14,19H,(H3,16,18,20)/b17-13-/t14-/m0/s1. The second-order valence-corrected chi connectivity index (χ2v) is 4.59. The lowest BCUT2D eigenvalue weighted by molar-refractivity contribution is 0.247. The minimum Gasteiger partial charge on any atom is -0.382 e. The molecular formula is C15H15N3OS. The topological polar surface area (TPSA) is 70.6 Å². The lowest BCUT2D eigenvalue weighted by atomic mass is 9.99. The molecule has 2 aromatic rings. The van der Waals surface area contributed by atoms with Crippen molar-refractivity contribution in [3.05, 3.63) is 71.8 Å². The zero-order chi connectivity index (χ0) is 14.4. The summed E-state index contributed by atoms with van der Waals surface area (Å²) in [6.07, 6.45) is -0.861. The number of aliphatic hydroxyl groups excluding tert-OH is 1. The highest BCUT2D eigenvalue weighted by molar-refractivity contribution is 7.80. The van der Waals surface area contributed by atoms with Gasteiger partial charge in [-0.05, 0) is 17.8 Å². The molecule has 102 valence electrons. The Balaban J connectivity index is 2.37. The molecule has 0 amide bonds. The molecule has 20 heavy (non-hydrogen) atoms. The first-order valence-electron chi connectivity index (χ1n) is 6.10. The average Bonchev–Trinajstić information content (AvgIpc) is 2.49. The second-order valence-electron chi connectivity index (χ2n) is 4.15. The fourth-order valence-corrected chi connectivity index (χ4v) is 1.85. The van der Waals surface area contributed by atoms with Crippen LogP contribution in [0.3, 0.4) is 0 Å². The molecule has 0 bridgehead atoms. The summed E-state index contributed by atoms with van der Waals surface area (Å²) < 4.78 is 0. The third-order valence-corrected chi connectivity index (χ3v) is 2.82. The molecule has 0 saturated carbocycles. The first kappa shape index (κ1) is 14.2. The molecule has 0 heterocycles. The number of hydrogen-bond acceptors (Lipinski definition) is 3. The quantitative estimate of drug-likeness (QED) is 0.456. The van der Waals surface area contributed by atoms with Crippen LogP contribution in [0.2, 0.25) is 0 Å². The summed E-state index contributed by atoms with van der Waals surface area (Å²) in [6, 6.07) is 18.7. The van der Waals surface area contributed by atoms with E-state index in [1.165, 1.54) is 0 Å². The zero-order valence-electron chi connectivity index (χ0n) is 10.7. The molecule has 0 aliphatic carbocycles. The van der Waals surface area contributed by atoms with Gasteiger partial charge < -0.3 is 10.8 Å². The van der Waals surface area contributed by atoms with Crippen molar-refractivity contribution in [1.82, 2.24) is 5.43 Å². The summed E-state index contributed by atoms with van der Waals surface area (Å²) in [5.41, 5.74) is 9.93. The van der Waals surface area contributed by atoms with Crippen molar-refractivity contribution in [3.8, 4) is 0 Å². The second kappa shape index (κ2) is 6.79. The summed E-state index contributed by atoms with van der Waals surface area (Å²) in [6.45, 7) is 0. The van der Waals surface area contributed by atoms with Crippen molar-refractivity contribution < 1.29 is 5.11 Å². The van der Waals surface area contributed by atoms with Gasteiger partial charge in [-0.2, -0.15) is 5.10 Å². The van der Waals surface area contributed by atoms with E-state index < -0.39 is 6.10 Å². The van der Waals surface area contributed by atoms with Gasteiger partial charge in [0.25, 0.3) is 0 Å². The van der Waals surface area contributed by atoms with Gasteiger partial charge in [0.15, 0.2) is 5.11 Å². The minimum atomic E-state index is -0.861. The van der Waals surface area contributed by atoms with Crippen LogP contribution in [-0.4, -0.2) is 15.9 Å². The van der Waals surface area contributed by atoms with Gasteiger partial charge in [0.1, 0.15) is 11.8 Å². The highest BCUT2D eigenvalue weighted by atomic mass is 32.1. The van der Waals surface area contributed by atoms with Crippen LogP contribution in [0.1, 0.15) is 17.2 Å². The van der Waals surface area contributed by atoms with Gasteiger partial charge in [0, 0.05) is 5.56 Å². The van der Waals surface area contributed by atoms with Crippen LogP contribution in [0.4, 0.5) is 0 Å². The summed E-state index contributed by atoms with van der Waals surface area (Å²) in [7, 11) is 0. The van der Waals surface area contributed by atoms with E-state index >= 15 is 0 Å². The first-order valence-corrected chi connectivity index (χ1v) is 6.51. The summed E-state index contributed by atoms with van der Waals surface area (Å²) in [5.74, 6) is 0. The monoisotopic (exact) mass is 285 g/mol. The van der Waals surface area contributed by atoms with Crippen LogP contribution in [0.25, 0.3) is 0 Å². The molecule has 0 saturated heterocycles. The van der Waals surface area contributed by atoms with Crippen LogP contribution in [0, 0.1) is 0 Å². The molecule has 5 heteroatoms. The number of nitrogens with two attached hydrogens (primary N) is 1. The van der Waals surface area contributed by atoms with Crippen molar-refractivity contribution in [2.24, 2.45) is 10.8 Å². The Hall–Kier alpha value is -2.24. The summed E-state index contributed by atoms with van der Waals surface area (Å²) in [4.78, 5) is 0. The van der Waals surface area contributed by atoms with Gasteiger partial charge in [-0.1, -0.05) is 60.7 Å². The van der Waals surface area contributed by atoms with Crippen molar-refractivity contribution in [2.45, 2.75) is 6.10 Å². The largest absolute Gasteiger partial charge is 0.382 e. The number of hydrazone groups is 1. The molecule has 0 aliphatic rings. The normalized spacial score (nSPS) is 12.8. The smallest absolute Gasteiger partial charge is 0.184 e. The first-order chi connectivity index (χ1) is 9.68. The Labute approximate surface area is 122 Å². The number of nitrogens with zero attached hydrogens (tertiary/aromatic N) is 1. The molecule has 2 aromatic carbocycles. The van der Waals surface area contributed by atoms with Crippen LogP contribution in [-0.2, 0) is 0 Å². The highest BCUT2D eigenvalue weighted by Gasteiger charge is 2.17. The van der Waals surface area contributed by atoms with E-state index in [1.54, 1.807) is 0 Å². The van der Waals surface area contributed by atoms with E-state index in [2.05, 4.69) is 10.5 Å². The molecule has 0 aliphatic heterocycles. The Bertz CT molecular complexity index is 599. The third kappa shape index (κ3) is 3.63.